The summed E-state index contributed by atoms with van der Waals surface area (Å²) in [7, 11) is 6.71. The number of esters is 2. The number of likely N-dealkylation sites (tertiary alicyclic amines) is 2. The van der Waals surface area contributed by atoms with Gasteiger partial charge in [-0.25, -0.2) is 39.5 Å². The summed E-state index contributed by atoms with van der Waals surface area (Å²) in [5, 5.41) is 21.1. The summed E-state index contributed by atoms with van der Waals surface area (Å²) in [4.78, 5) is 77.0. The van der Waals surface area contributed by atoms with Crippen LogP contribution in [-0.4, -0.2) is 153 Å². The van der Waals surface area contributed by atoms with Gasteiger partial charge in [0, 0.05) is 88.6 Å². The lowest BCUT2D eigenvalue weighted by atomic mass is 9.85. The van der Waals surface area contributed by atoms with E-state index in [9.17, 15) is 29.4 Å². The van der Waals surface area contributed by atoms with Crippen LogP contribution in [0.3, 0.4) is 0 Å². The molecule has 0 unspecified atom stereocenters. The molecule has 3 fully saturated rings. The molecule has 0 radical (unpaired) electrons. The molecule has 2 amide bonds. The number of halogens is 1. The van der Waals surface area contributed by atoms with Gasteiger partial charge in [0.05, 0.1) is 60.2 Å². The fourth-order valence-electron chi connectivity index (χ4n) is 7.80. The fourth-order valence-corrected chi connectivity index (χ4v) is 7.98. The van der Waals surface area contributed by atoms with E-state index in [2.05, 4.69) is 53.6 Å². The van der Waals surface area contributed by atoms with Crippen LogP contribution >= 0.6 is 11.6 Å². The van der Waals surface area contributed by atoms with Crippen molar-refractivity contribution < 1.29 is 48.2 Å². The van der Waals surface area contributed by atoms with Crippen molar-refractivity contribution in [1.82, 2.24) is 48.8 Å². The second kappa shape index (κ2) is 23.0. The summed E-state index contributed by atoms with van der Waals surface area (Å²) < 4.78 is 25.6. The van der Waals surface area contributed by atoms with Gasteiger partial charge in [-0.1, -0.05) is 59.5 Å². The van der Waals surface area contributed by atoms with Crippen molar-refractivity contribution >= 4 is 48.1 Å². The van der Waals surface area contributed by atoms with E-state index in [-0.39, 0.29) is 66.7 Å². The molecule has 22 heteroatoms. The SMILES string of the molecule is CCOC(=O)c1cc(-c2cncn2C)nc(-c2cccc(C#C[C@]3(O)CCN(C)C3=O)c2)n1.CCOC(=O)c1cc(Cl)nc(-c2cccc(C#C[C@]3(O)CCN(C)C3=O)c2)n1.Cn1cncc1B1OC(C)(C)C(C)(C)O1. The van der Waals surface area contributed by atoms with E-state index in [1.54, 1.807) is 112 Å². The van der Waals surface area contributed by atoms with Crippen LogP contribution in [-0.2, 0) is 42.5 Å². The number of nitrogens with zero attached hydrogens (tertiary/aromatic N) is 10. The molecule has 2 atom stereocenters. The van der Waals surface area contributed by atoms with Crippen molar-refractivity contribution in [2.45, 2.75) is 76.8 Å². The maximum absolute atomic E-state index is 12.4. The molecule has 9 rings (SSSR count). The number of amides is 2. The van der Waals surface area contributed by atoms with Crippen LogP contribution in [0.1, 0.15) is 86.5 Å². The van der Waals surface area contributed by atoms with Gasteiger partial charge >= 0.3 is 19.1 Å². The largest absolute Gasteiger partial charge is 0.514 e. The molecule has 20 nitrogen and oxygen atoms in total. The highest BCUT2D eigenvalue weighted by Gasteiger charge is 2.52. The third kappa shape index (κ3) is 12.6. The van der Waals surface area contributed by atoms with Crippen molar-refractivity contribution in [3.63, 3.8) is 0 Å². The first-order valence-corrected chi connectivity index (χ1v) is 24.6. The third-order valence-corrected chi connectivity index (χ3v) is 13.1. The zero-order valence-corrected chi connectivity index (χ0v) is 44.7. The molecule has 394 valence electrons. The van der Waals surface area contributed by atoms with Gasteiger partial charge < -0.3 is 47.9 Å². The van der Waals surface area contributed by atoms with Crippen molar-refractivity contribution in [2.75, 3.05) is 40.4 Å². The zero-order chi connectivity index (χ0) is 55.2. The van der Waals surface area contributed by atoms with Crippen LogP contribution in [0.2, 0.25) is 5.15 Å². The monoisotopic (exact) mass is 1050 g/mol. The molecule has 3 saturated heterocycles. The quantitative estimate of drug-likeness (QED) is 0.0935. The molecule has 0 bridgehead atoms. The summed E-state index contributed by atoms with van der Waals surface area (Å²) in [6.07, 6.45) is 7.34. The molecule has 4 aromatic heterocycles. The molecule has 0 aliphatic carbocycles. The van der Waals surface area contributed by atoms with Crippen LogP contribution in [0.5, 0.6) is 0 Å². The molecule has 0 spiro atoms. The molecule has 2 aromatic carbocycles. The highest BCUT2D eigenvalue weighted by Crippen LogP contribution is 2.36. The number of carbonyl (C=O) groups is 4. The predicted octanol–water partition coefficient (Wildman–Crippen LogP) is 4.30. The Hall–Kier alpha value is -7.79. The Balaban J connectivity index is 0.000000177. The molecule has 3 aliphatic heterocycles. The number of rotatable bonds is 8. The number of likely N-dealkylation sites (N-methyl/N-ethyl adjacent to an activating group) is 2. The normalized spacial score (nSPS) is 19.1. The Morgan fingerprint density at radius 2 is 1.16 bits per heavy atom. The number of carbonyl (C=O) groups excluding carboxylic acids is 4. The number of aromatic nitrogens is 8. The lowest BCUT2D eigenvalue weighted by molar-refractivity contribution is -0.138. The molecule has 6 aromatic rings. The van der Waals surface area contributed by atoms with Crippen LogP contribution in [0.15, 0.2) is 85.7 Å². The highest BCUT2D eigenvalue weighted by atomic mass is 35.5. The first-order chi connectivity index (χ1) is 36.0. The summed E-state index contributed by atoms with van der Waals surface area (Å²) >= 11 is 6.02. The predicted molar refractivity (Wildman–Crippen MR) is 281 cm³/mol. The third-order valence-electron chi connectivity index (χ3n) is 12.9. The number of imidazole rings is 2. The molecule has 76 heavy (non-hydrogen) atoms. The van der Waals surface area contributed by atoms with Gasteiger partial charge in [-0.3, -0.25) is 9.59 Å². The zero-order valence-electron chi connectivity index (χ0n) is 43.9. The van der Waals surface area contributed by atoms with E-state index in [1.165, 1.54) is 15.9 Å². The average Bonchev–Trinajstić information content (AvgIpc) is 4.21. The topological polar surface area (TPSA) is 239 Å². The van der Waals surface area contributed by atoms with Crippen molar-refractivity contribution in [3.8, 4) is 57.8 Å². The van der Waals surface area contributed by atoms with Gasteiger partial charge in [0.15, 0.2) is 23.0 Å². The smallest absolute Gasteiger partial charge is 0.461 e. The summed E-state index contributed by atoms with van der Waals surface area (Å²) in [5.41, 5.74) is 0.791. The first-order valence-electron chi connectivity index (χ1n) is 24.3. The Labute approximate surface area is 445 Å². The second-order valence-corrected chi connectivity index (χ2v) is 19.4. The number of aliphatic hydroxyl groups is 2. The maximum Gasteiger partial charge on any atom is 0.514 e. The van der Waals surface area contributed by atoms with Crippen LogP contribution < -0.4 is 5.59 Å². The van der Waals surface area contributed by atoms with Crippen molar-refractivity contribution in [2.24, 2.45) is 14.1 Å². The number of benzene rings is 2. The van der Waals surface area contributed by atoms with E-state index in [0.29, 0.717) is 52.6 Å². The van der Waals surface area contributed by atoms with Gasteiger partial charge in [0.1, 0.15) is 5.15 Å². The van der Waals surface area contributed by atoms with Gasteiger partial charge in [0.25, 0.3) is 11.8 Å². The number of aryl methyl sites for hydroxylation is 2. The molecule has 0 saturated carbocycles. The fraction of sp³-hybridized carbons (Fsp3) is 0.370. The van der Waals surface area contributed by atoms with Gasteiger partial charge in [-0.15, -0.1) is 0 Å². The standard InChI is InChI=1S/C24H23N5O4.C20H18ClN3O4.C10H17BN2O2/c1-4-33-22(30)19-13-18(20-14-25-15-29(20)3)26-21(27-19)17-7-5-6-16(12-17)8-9-24(32)10-11-28(2)23(24)31;1-3-28-18(25)15-12-16(21)23-17(22-15)14-6-4-5-13(11-14)7-8-20(27)9-10-24(2)19(20)26;1-9(2)10(3,4)15-11(14-9)8-6-12-7-13(8)5/h5-7,12-15,32H,4,10-11H2,1-3H3;4-6,11-12,27H,3,9-10H2,1-2H3;6-7H,1-5H3/t24-;20-;/m00./s1. The van der Waals surface area contributed by atoms with E-state index in [1.807, 2.05) is 46.4 Å². The van der Waals surface area contributed by atoms with Gasteiger partial charge in [-0.2, -0.15) is 0 Å². The molecule has 3 aliphatic rings. The Kier molecular flexibility index (Phi) is 16.9. The molecule has 7 heterocycles. The lowest BCUT2D eigenvalue weighted by Gasteiger charge is -2.32. The second-order valence-electron chi connectivity index (χ2n) is 19.0. The number of hydrogen-bond donors (Lipinski definition) is 2. The van der Waals surface area contributed by atoms with E-state index in [4.69, 9.17) is 30.4 Å². The molecular weight excluding hydrogens is 995 g/mol. The summed E-state index contributed by atoms with van der Waals surface area (Å²) in [6, 6.07) is 16.9. The lowest BCUT2D eigenvalue weighted by Crippen LogP contribution is -2.41. The number of ether oxygens (including phenoxy) is 2. The minimum Gasteiger partial charge on any atom is -0.461 e. The molecule has 2 N–H and O–H groups in total. The van der Waals surface area contributed by atoms with Crippen molar-refractivity contribution in [1.29, 1.82) is 0 Å². The van der Waals surface area contributed by atoms with Crippen LogP contribution in [0.4, 0.5) is 0 Å². The van der Waals surface area contributed by atoms with Gasteiger partial charge in [0.2, 0.25) is 11.2 Å². The Morgan fingerprint density at radius 1 is 0.684 bits per heavy atom. The first kappa shape index (κ1) is 56.0. The minimum atomic E-state index is -1.68. The van der Waals surface area contributed by atoms with Gasteiger partial charge in [-0.05, 0) is 71.9 Å². The minimum absolute atomic E-state index is 0.0576. The number of hydrogen-bond acceptors (Lipinski definition) is 16. The maximum atomic E-state index is 12.4. The van der Waals surface area contributed by atoms with Crippen LogP contribution in [0, 0.1) is 23.7 Å². The summed E-state index contributed by atoms with van der Waals surface area (Å²) in [6.45, 7) is 13.0. The van der Waals surface area contributed by atoms with Crippen molar-refractivity contribution in [3.05, 3.63) is 113 Å². The Bertz CT molecular complexity index is 3290. The Morgan fingerprint density at radius 3 is 1.59 bits per heavy atom. The highest BCUT2D eigenvalue weighted by molar-refractivity contribution is 6.61. The molecular formula is C54H58BClN10O10. The summed E-state index contributed by atoms with van der Waals surface area (Å²) in [5.74, 6) is 9.70. The van der Waals surface area contributed by atoms with E-state index < -0.39 is 35.0 Å². The van der Waals surface area contributed by atoms with Crippen LogP contribution in [0.25, 0.3) is 34.2 Å². The average molecular weight is 1050 g/mol. The van der Waals surface area contributed by atoms with E-state index in [0.717, 1.165) is 5.59 Å². The van der Waals surface area contributed by atoms with E-state index >= 15 is 0 Å².